The molecule has 17 heavy (non-hydrogen) atoms. The van der Waals surface area contributed by atoms with Crippen LogP contribution in [-0.4, -0.2) is 63.4 Å². The fourth-order valence-electron chi connectivity index (χ4n) is 2.18. The third kappa shape index (κ3) is 4.61. The van der Waals surface area contributed by atoms with E-state index in [9.17, 15) is 4.79 Å². The lowest BCUT2D eigenvalue weighted by atomic mass is 10.1. The number of rotatable bonds is 5. The first-order valence-electron chi connectivity index (χ1n) is 6.49. The summed E-state index contributed by atoms with van der Waals surface area (Å²) in [6.07, 6.45) is 1.66. The molecule has 0 aromatic carbocycles. The Labute approximate surface area is 102 Å². The van der Waals surface area contributed by atoms with E-state index in [-0.39, 0.29) is 5.91 Å². The normalized spacial score (nSPS) is 26.0. The summed E-state index contributed by atoms with van der Waals surface area (Å²) in [6.45, 7) is 6.73. The molecule has 0 aromatic rings. The van der Waals surface area contributed by atoms with Crippen LogP contribution in [0.4, 0.5) is 0 Å². The number of carbonyl (C=O) groups excluding carboxylic acids is 1. The molecule has 0 bridgehead atoms. The molecular weight excluding hydrogens is 220 g/mol. The Bertz CT molecular complexity index is 236. The minimum Gasteiger partial charge on any atom is -0.381 e. The highest BCUT2D eigenvalue weighted by Crippen LogP contribution is 2.10. The summed E-state index contributed by atoms with van der Waals surface area (Å²) >= 11 is 0. The Morgan fingerprint density at radius 3 is 2.76 bits per heavy atom. The van der Waals surface area contributed by atoms with Gasteiger partial charge in [0, 0.05) is 45.1 Å². The van der Waals surface area contributed by atoms with Gasteiger partial charge in [-0.25, -0.2) is 0 Å². The first-order valence-corrected chi connectivity index (χ1v) is 6.49. The van der Waals surface area contributed by atoms with E-state index >= 15 is 0 Å². The average molecular weight is 242 g/mol. The van der Waals surface area contributed by atoms with Crippen molar-refractivity contribution in [3.63, 3.8) is 0 Å². The third-order valence-electron chi connectivity index (χ3n) is 3.37. The summed E-state index contributed by atoms with van der Waals surface area (Å²) < 4.78 is 10.5. The molecule has 1 amide bonds. The quantitative estimate of drug-likeness (QED) is 0.729. The number of hydrogen-bond acceptors (Lipinski definition) is 4. The van der Waals surface area contributed by atoms with Gasteiger partial charge in [-0.1, -0.05) is 0 Å². The molecule has 0 aromatic heterocycles. The molecule has 5 heteroatoms. The third-order valence-corrected chi connectivity index (χ3v) is 3.37. The number of nitrogens with zero attached hydrogens (tertiary/aromatic N) is 1. The molecule has 2 saturated heterocycles. The number of carbonyl (C=O) groups is 1. The van der Waals surface area contributed by atoms with Gasteiger partial charge in [0.2, 0.25) is 5.91 Å². The van der Waals surface area contributed by atoms with Gasteiger partial charge < -0.3 is 14.8 Å². The summed E-state index contributed by atoms with van der Waals surface area (Å²) in [5.74, 6) is 0.672. The van der Waals surface area contributed by atoms with Crippen LogP contribution in [-0.2, 0) is 14.3 Å². The molecule has 2 heterocycles. The minimum absolute atomic E-state index is 0.156. The average Bonchev–Trinajstić information content (AvgIpc) is 2.88. The van der Waals surface area contributed by atoms with E-state index in [4.69, 9.17) is 9.47 Å². The maximum Gasteiger partial charge on any atom is 0.221 e. The second kappa shape index (κ2) is 6.93. The van der Waals surface area contributed by atoms with Crippen molar-refractivity contribution in [1.82, 2.24) is 10.2 Å². The summed E-state index contributed by atoms with van der Waals surface area (Å²) in [4.78, 5) is 13.9. The molecule has 1 atom stereocenters. The lowest BCUT2D eigenvalue weighted by Gasteiger charge is -2.26. The van der Waals surface area contributed by atoms with Crippen molar-refractivity contribution >= 4 is 5.91 Å². The number of hydrogen-bond donors (Lipinski definition) is 1. The van der Waals surface area contributed by atoms with Crippen molar-refractivity contribution in [1.29, 1.82) is 0 Å². The van der Waals surface area contributed by atoms with Crippen molar-refractivity contribution in [2.24, 2.45) is 5.92 Å². The number of morpholine rings is 1. The predicted octanol–water partition coefficient (Wildman–Crippen LogP) is -0.139. The monoisotopic (exact) mass is 242 g/mol. The molecule has 2 aliphatic rings. The molecule has 2 fully saturated rings. The molecule has 0 radical (unpaired) electrons. The van der Waals surface area contributed by atoms with Crippen LogP contribution < -0.4 is 5.32 Å². The smallest absolute Gasteiger partial charge is 0.221 e. The van der Waals surface area contributed by atoms with Gasteiger partial charge in [-0.3, -0.25) is 9.69 Å². The largest absolute Gasteiger partial charge is 0.381 e. The minimum atomic E-state index is 0.156. The van der Waals surface area contributed by atoms with Gasteiger partial charge in [0.05, 0.1) is 19.8 Å². The Morgan fingerprint density at radius 1 is 1.24 bits per heavy atom. The second-order valence-corrected chi connectivity index (χ2v) is 4.74. The predicted molar refractivity (Wildman–Crippen MR) is 63.8 cm³/mol. The van der Waals surface area contributed by atoms with Crippen molar-refractivity contribution in [2.75, 3.05) is 52.6 Å². The number of nitrogens with one attached hydrogen (secondary N) is 1. The second-order valence-electron chi connectivity index (χ2n) is 4.74. The molecular formula is C12H22N2O3. The van der Waals surface area contributed by atoms with E-state index in [2.05, 4.69) is 10.2 Å². The van der Waals surface area contributed by atoms with E-state index in [1.54, 1.807) is 0 Å². The van der Waals surface area contributed by atoms with Crippen LogP contribution in [0.25, 0.3) is 0 Å². The first kappa shape index (κ1) is 12.8. The van der Waals surface area contributed by atoms with E-state index in [0.717, 1.165) is 59.0 Å². The van der Waals surface area contributed by atoms with Crippen LogP contribution in [0.5, 0.6) is 0 Å². The van der Waals surface area contributed by atoms with Crippen LogP contribution in [0.2, 0.25) is 0 Å². The van der Waals surface area contributed by atoms with Crippen LogP contribution in [0, 0.1) is 5.92 Å². The molecule has 98 valence electrons. The maximum absolute atomic E-state index is 11.6. The van der Waals surface area contributed by atoms with Crippen molar-refractivity contribution in [2.45, 2.75) is 12.8 Å². The molecule has 1 N–H and O–H groups in total. The summed E-state index contributed by atoms with van der Waals surface area (Å²) in [7, 11) is 0. The molecule has 0 spiro atoms. The summed E-state index contributed by atoms with van der Waals surface area (Å²) in [5, 5.41) is 2.99. The zero-order chi connectivity index (χ0) is 11.9. The van der Waals surface area contributed by atoms with Crippen LogP contribution in [0.15, 0.2) is 0 Å². The fraction of sp³-hybridized carbons (Fsp3) is 0.917. The highest BCUT2D eigenvalue weighted by Gasteiger charge is 2.17. The Kier molecular flexibility index (Phi) is 5.22. The van der Waals surface area contributed by atoms with Gasteiger partial charge in [0.25, 0.3) is 0 Å². The lowest BCUT2D eigenvalue weighted by Crippen LogP contribution is -2.39. The summed E-state index contributed by atoms with van der Waals surface area (Å²) in [5.41, 5.74) is 0. The zero-order valence-corrected chi connectivity index (χ0v) is 10.3. The molecule has 0 saturated carbocycles. The van der Waals surface area contributed by atoms with Crippen LogP contribution in [0.3, 0.4) is 0 Å². The van der Waals surface area contributed by atoms with Crippen LogP contribution in [0.1, 0.15) is 12.8 Å². The summed E-state index contributed by atoms with van der Waals surface area (Å²) in [6, 6.07) is 0. The molecule has 5 nitrogen and oxygen atoms in total. The Hall–Kier alpha value is -0.650. The zero-order valence-electron chi connectivity index (χ0n) is 10.3. The van der Waals surface area contributed by atoms with Gasteiger partial charge in [-0.15, -0.1) is 0 Å². The van der Waals surface area contributed by atoms with Gasteiger partial charge in [0.1, 0.15) is 0 Å². The molecule has 2 rings (SSSR count). The first-order chi connectivity index (χ1) is 8.34. The highest BCUT2D eigenvalue weighted by atomic mass is 16.5. The number of amides is 1. The van der Waals surface area contributed by atoms with Gasteiger partial charge in [-0.05, 0) is 6.42 Å². The highest BCUT2D eigenvalue weighted by molar-refractivity contribution is 5.76. The van der Waals surface area contributed by atoms with E-state index in [1.165, 1.54) is 0 Å². The Balaban J connectivity index is 1.53. The van der Waals surface area contributed by atoms with E-state index in [1.807, 2.05) is 0 Å². The van der Waals surface area contributed by atoms with Crippen LogP contribution >= 0.6 is 0 Å². The van der Waals surface area contributed by atoms with Crippen molar-refractivity contribution < 1.29 is 14.3 Å². The molecule has 0 aliphatic carbocycles. The molecule has 0 unspecified atom stereocenters. The van der Waals surface area contributed by atoms with Gasteiger partial charge in [0.15, 0.2) is 0 Å². The van der Waals surface area contributed by atoms with Gasteiger partial charge in [-0.2, -0.15) is 0 Å². The topological polar surface area (TPSA) is 50.8 Å². The lowest BCUT2D eigenvalue weighted by molar-refractivity contribution is -0.121. The van der Waals surface area contributed by atoms with Crippen molar-refractivity contribution in [3.8, 4) is 0 Å². The van der Waals surface area contributed by atoms with Crippen molar-refractivity contribution in [3.05, 3.63) is 0 Å². The maximum atomic E-state index is 11.6. The standard InChI is InChI=1S/C12H22N2O3/c15-12(13-9-11-2-6-17-10-11)1-3-14-4-7-16-8-5-14/h11H,1-10H2,(H,13,15)/t11-/m1/s1. The SMILES string of the molecule is O=C(CCN1CCOCC1)NC[C@H]1CCOC1. The Morgan fingerprint density at radius 2 is 2.06 bits per heavy atom. The van der Waals surface area contributed by atoms with E-state index < -0.39 is 0 Å². The van der Waals surface area contributed by atoms with E-state index in [0.29, 0.717) is 12.3 Å². The number of ether oxygens (including phenoxy) is 2. The fourth-order valence-corrected chi connectivity index (χ4v) is 2.18. The van der Waals surface area contributed by atoms with Gasteiger partial charge >= 0.3 is 0 Å². The molecule has 2 aliphatic heterocycles.